The zero-order valence-electron chi connectivity index (χ0n) is 12.2. The van der Waals surface area contributed by atoms with Crippen LogP contribution in [0.1, 0.15) is 30.8 Å². The van der Waals surface area contributed by atoms with E-state index < -0.39 is 0 Å². The lowest BCUT2D eigenvalue weighted by Gasteiger charge is -2.14. The second kappa shape index (κ2) is 5.94. The van der Waals surface area contributed by atoms with Crippen molar-refractivity contribution in [1.29, 1.82) is 0 Å². The van der Waals surface area contributed by atoms with Crippen LogP contribution in [-0.2, 0) is 6.54 Å². The van der Waals surface area contributed by atoms with Crippen LogP contribution in [0.5, 0.6) is 0 Å². The van der Waals surface area contributed by atoms with E-state index in [0.29, 0.717) is 17.6 Å². The average molecular weight is 296 g/mol. The highest BCUT2D eigenvalue weighted by Gasteiger charge is 2.14. The normalized spacial score (nSPS) is 11.3. The number of nitrogens with one attached hydrogen (secondary N) is 1. The van der Waals surface area contributed by atoms with Gasteiger partial charge in [-0.1, -0.05) is 25.4 Å². The molecule has 0 atom stereocenters. The van der Waals surface area contributed by atoms with Crippen molar-refractivity contribution in [3.05, 3.63) is 46.0 Å². The molecular formula is C15H19ClFN3. The van der Waals surface area contributed by atoms with Gasteiger partial charge in [0.15, 0.2) is 0 Å². The highest BCUT2D eigenvalue weighted by atomic mass is 35.5. The third kappa shape index (κ3) is 3.02. The smallest absolute Gasteiger partial charge is 0.123 e. The molecule has 0 bridgehead atoms. The highest BCUT2D eigenvalue weighted by molar-refractivity contribution is 6.31. The van der Waals surface area contributed by atoms with E-state index in [1.54, 1.807) is 10.7 Å². The van der Waals surface area contributed by atoms with Gasteiger partial charge in [-0.05, 0) is 37.6 Å². The SMILES string of the molecule is Cc1nn(-c2ccc(F)cc2CNC(C)C)c(C)c1Cl. The molecule has 0 unspecified atom stereocenters. The van der Waals surface area contributed by atoms with Gasteiger partial charge in [-0.15, -0.1) is 0 Å². The molecule has 1 aromatic heterocycles. The summed E-state index contributed by atoms with van der Waals surface area (Å²) in [6.45, 7) is 8.46. The Morgan fingerprint density at radius 1 is 1.35 bits per heavy atom. The predicted molar refractivity (Wildman–Crippen MR) is 80.0 cm³/mol. The molecule has 1 N–H and O–H groups in total. The van der Waals surface area contributed by atoms with Crippen molar-refractivity contribution in [3.8, 4) is 5.69 Å². The van der Waals surface area contributed by atoms with Gasteiger partial charge in [-0.25, -0.2) is 9.07 Å². The van der Waals surface area contributed by atoms with Crippen molar-refractivity contribution in [2.45, 2.75) is 40.3 Å². The van der Waals surface area contributed by atoms with E-state index in [1.807, 2.05) is 13.8 Å². The zero-order chi connectivity index (χ0) is 14.9. The van der Waals surface area contributed by atoms with Crippen LogP contribution in [0.4, 0.5) is 4.39 Å². The van der Waals surface area contributed by atoms with Crippen molar-refractivity contribution in [1.82, 2.24) is 15.1 Å². The van der Waals surface area contributed by atoms with Gasteiger partial charge in [0.25, 0.3) is 0 Å². The molecule has 0 aliphatic carbocycles. The van der Waals surface area contributed by atoms with Crippen molar-refractivity contribution in [2.24, 2.45) is 0 Å². The number of benzene rings is 1. The summed E-state index contributed by atoms with van der Waals surface area (Å²) in [4.78, 5) is 0. The van der Waals surface area contributed by atoms with Crippen LogP contribution < -0.4 is 5.32 Å². The molecule has 0 fully saturated rings. The molecule has 0 saturated carbocycles. The van der Waals surface area contributed by atoms with Crippen LogP contribution in [-0.4, -0.2) is 15.8 Å². The van der Waals surface area contributed by atoms with E-state index in [0.717, 1.165) is 22.6 Å². The molecule has 5 heteroatoms. The Labute approximate surface area is 123 Å². The molecule has 0 amide bonds. The van der Waals surface area contributed by atoms with E-state index in [4.69, 9.17) is 11.6 Å². The number of hydrogen-bond acceptors (Lipinski definition) is 2. The number of halogens is 2. The first-order chi connectivity index (χ1) is 9.40. The molecule has 0 saturated heterocycles. The molecule has 2 rings (SSSR count). The summed E-state index contributed by atoms with van der Waals surface area (Å²) in [5, 5.41) is 8.38. The summed E-state index contributed by atoms with van der Waals surface area (Å²) < 4.78 is 15.3. The van der Waals surface area contributed by atoms with Crippen LogP contribution in [0.15, 0.2) is 18.2 Å². The second-order valence-electron chi connectivity index (χ2n) is 5.21. The quantitative estimate of drug-likeness (QED) is 0.930. The van der Waals surface area contributed by atoms with Gasteiger partial charge in [0.05, 0.1) is 22.1 Å². The lowest BCUT2D eigenvalue weighted by Crippen LogP contribution is -2.23. The first-order valence-electron chi connectivity index (χ1n) is 6.64. The molecule has 0 spiro atoms. The first-order valence-corrected chi connectivity index (χ1v) is 7.02. The number of hydrogen-bond donors (Lipinski definition) is 1. The Morgan fingerprint density at radius 3 is 2.60 bits per heavy atom. The Kier molecular flexibility index (Phi) is 4.45. The largest absolute Gasteiger partial charge is 0.310 e. The standard InChI is InChI=1S/C15H19ClFN3/c1-9(2)18-8-12-7-13(17)5-6-14(12)20-11(4)15(16)10(3)19-20/h5-7,9,18H,8H2,1-4H3. The Morgan fingerprint density at radius 2 is 2.05 bits per heavy atom. The summed E-state index contributed by atoms with van der Waals surface area (Å²) in [6.07, 6.45) is 0. The van der Waals surface area contributed by atoms with Gasteiger partial charge in [0, 0.05) is 12.6 Å². The van der Waals surface area contributed by atoms with Crippen LogP contribution >= 0.6 is 11.6 Å². The van der Waals surface area contributed by atoms with Crippen LogP contribution in [0.25, 0.3) is 5.69 Å². The lowest BCUT2D eigenvalue weighted by molar-refractivity contribution is 0.578. The van der Waals surface area contributed by atoms with Crippen molar-refractivity contribution in [3.63, 3.8) is 0 Å². The Hall–Kier alpha value is -1.39. The third-order valence-electron chi connectivity index (χ3n) is 3.17. The topological polar surface area (TPSA) is 29.9 Å². The maximum atomic E-state index is 13.5. The molecule has 0 radical (unpaired) electrons. The molecule has 0 aliphatic rings. The van der Waals surface area contributed by atoms with Crippen molar-refractivity contribution in [2.75, 3.05) is 0 Å². The van der Waals surface area contributed by atoms with Crippen molar-refractivity contribution >= 4 is 11.6 Å². The molecular weight excluding hydrogens is 277 g/mol. The summed E-state index contributed by atoms with van der Waals surface area (Å²) >= 11 is 6.19. The summed E-state index contributed by atoms with van der Waals surface area (Å²) in [5.74, 6) is -0.248. The van der Waals surface area contributed by atoms with Crippen LogP contribution in [0.2, 0.25) is 5.02 Å². The van der Waals surface area contributed by atoms with Gasteiger partial charge in [0.2, 0.25) is 0 Å². The number of rotatable bonds is 4. The Balaban J connectivity index is 2.47. The number of aromatic nitrogens is 2. The zero-order valence-corrected chi connectivity index (χ0v) is 12.9. The maximum absolute atomic E-state index is 13.5. The predicted octanol–water partition coefficient (Wildman–Crippen LogP) is 3.78. The fourth-order valence-electron chi connectivity index (χ4n) is 2.07. The highest BCUT2D eigenvalue weighted by Crippen LogP contribution is 2.24. The Bertz CT molecular complexity index is 620. The number of nitrogens with zero attached hydrogens (tertiary/aromatic N) is 2. The molecule has 108 valence electrons. The van der Waals surface area contributed by atoms with E-state index in [9.17, 15) is 4.39 Å². The molecule has 1 heterocycles. The monoisotopic (exact) mass is 295 g/mol. The minimum absolute atomic E-state index is 0.248. The fourth-order valence-corrected chi connectivity index (χ4v) is 2.19. The average Bonchev–Trinajstić information content (AvgIpc) is 2.64. The minimum atomic E-state index is -0.248. The van der Waals surface area contributed by atoms with E-state index in [1.165, 1.54) is 12.1 Å². The van der Waals surface area contributed by atoms with Crippen LogP contribution in [0, 0.1) is 19.7 Å². The summed E-state index contributed by atoms with van der Waals surface area (Å²) in [5.41, 5.74) is 3.35. The van der Waals surface area contributed by atoms with Gasteiger partial charge < -0.3 is 5.32 Å². The van der Waals surface area contributed by atoms with Crippen molar-refractivity contribution < 1.29 is 4.39 Å². The molecule has 2 aromatic rings. The summed E-state index contributed by atoms with van der Waals surface area (Å²) in [6, 6.07) is 5.05. The van der Waals surface area contributed by atoms with Gasteiger partial charge >= 0.3 is 0 Å². The molecule has 1 aromatic carbocycles. The van der Waals surface area contributed by atoms with E-state index in [-0.39, 0.29) is 5.82 Å². The fraction of sp³-hybridized carbons (Fsp3) is 0.400. The molecule has 0 aliphatic heterocycles. The minimum Gasteiger partial charge on any atom is -0.310 e. The third-order valence-corrected chi connectivity index (χ3v) is 3.72. The van der Waals surface area contributed by atoms with Crippen LogP contribution in [0.3, 0.4) is 0 Å². The number of aryl methyl sites for hydroxylation is 1. The molecule has 20 heavy (non-hydrogen) atoms. The second-order valence-corrected chi connectivity index (χ2v) is 5.58. The lowest BCUT2D eigenvalue weighted by atomic mass is 10.1. The van der Waals surface area contributed by atoms with E-state index >= 15 is 0 Å². The molecule has 3 nitrogen and oxygen atoms in total. The maximum Gasteiger partial charge on any atom is 0.123 e. The van der Waals surface area contributed by atoms with Gasteiger partial charge in [-0.3, -0.25) is 0 Å². The van der Waals surface area contributed by atoms with Gasteiger partial charge in [-0.2, -0.15) is 5.10 Å². The van der Waals surface area contributed by atoms with Gasteiger partial charge in [0.1, 0.15) is 5.82 Å². The van der Waals surface area contributed by atoms with E-state index in [2.05, 4.69) is 24.3 Å². The summed E-state index contributed by atoms with van der Waals surface area (Å²) in [7, 11) is 0. The first kappa shape index (κ1) is 15.0.